The molecule has 0 radical (unpaired) electrons. The summed E-state index contributed by atoms with van der Waals surface area (Å²) in [6.45, 7) is 3.60. The van der Waals surface area contributed by atoms with Crippen molar-refractivity contribution in [1.82, 2.24) is 25.8 Å². The first-order valence-electron chi connectivity index (χ1n) is 8.76. The van der Waals surface area contributed by atoms with Crippen molar-refractivity contribution in [2.75, 3.05) is 7.05 Å². The average molecular weight is 348 g/mol. The predicted octanol–water partition coefficient (Wildman–Crippen LogP) is 2.90. The third-order valence-corrected chi connectivity index (χ3v) is 4.24. The van der Waals surface area contributed by atoms with Crippen molar-refractivity contribution in [2.45, 2.75) is 26.4 Å². The van der Waals surface area contributed by atoms with Gasteiger partial charge in [-0.15, -0.1) is 0 Å². The zero-order chi connectivity index (χ0) is 18.2. The van der Waals surface area contributed by atoms with Crippen molar-refractivity contribution in [2.24, 2.45) is 4.99 Å². The minimum absolute atomic E-state index is 0.678. The van der Waals surface area contributed by atoms with Gasteiger partial charge in [0.1, 0.15) is 6.33 Å². The van der Waals surface area contributed by atoms with Gasteiger partial charge in [0, 0.05) is 25.7 Å². The molecule has 1 heterocycles. The van der Waals surface area contributed by atoms with Gasteiger partial charge in [-0.2, -0.15) is 5.10 Å². The van der Waals surface area contributed by atoms with Gasteiger partial charge >= 0.3 is 0 Å². The minimum Gasteiger partial charge on any atom is -0.352 e. The molecule has 0 aliphatic rings. The molecule has 0 fully saturated rings. The minimum atomic E-state index is 0.678. The van der Waals surface area contributed by atoms with E-state index in [4.69, 9.17) is 0 Å². The van der Waals surface area contributed by atoms with Crippen LogP contribution in [0.4, 0.5) is 0 Å². The number of H-pyrrole nitrogens is 1. The molecule has 0 unspecified atom stereocenters. The van der Waals surface area contributed by atoms with Crippen LogP contribution in [0.3, 0.4) is 0 Å². The summed E-state index contributed by atoms with van der Waals surface area (Å²) in [5, 5.41) is 13.5. The summed E-state index contributed by atoms with van der Waals surface area (Å²) >= 11 is 0. The number of nitrogens with zero attached hydrogens (tertiary/aromatic N) is 3. The van der Waals surface area contributed by atoms with Crippen LogP contribution in [-0.4, -0.2) is 28.2 Å². The lowest BCUT2D eigenvalue weighted by Gasteiger charge is -2.14. The molecule has 0 atom stereocenters. The number of guanidine groups is 1. The lowest BCUT2D eigenvalue weighted by molar-refractivity contribution is 0.803. The highest BCUT2D eigenvalue weighted by atomic mass is 15.2. The number of benzene rings is 2. The summed E-state index contributed by atoms with van der Waals surface area (Å²) in [7, 11) is 1.78. The first-order chi connectivity index (χ1) is 12.8. The molecule has 3 N–H and O–H groups in total. The normalized spacial score (nSPS) is 11.4. The van der Waals surface area contributed by atoms with E-state index < -0.39 is 0 Å². The number of hydrogen-bond acceptors (Lipinski definition) is 3. The van der Waals surface area contributed by atoms with E-state index in [-0.39, 0.29) is 0 Å². The van der Waals surface area contributed by atoms with Crippen LogP contribution < -0.4 is 10.6 Å². The Hall–Kier alpha value is -3.15. The first-order valence-corrected chi connectivity index (χ1v) is 8.76. The highest BCUT2D eigenvalue weighted by Crippen LogP contribution is 2.15. The lowest BCUT2D eigenvalue weighted by Crippen LogP contribution is -2.36. The summed E-state index contributed by atoms with van der Waals surface area (Å²) in [5.74, 6) is 1.55. The van der Waals surface area contributed by atoms with Crippen LogP contribution >= 0.6 is 0 Å². The van der Waals surface area contributed by atoms with E-state index in [1.807, 2.05) is 12.1 Å². The Bertz CT molecular complexity index is 854. The van der Waals surface area contributed by atoms with Crippen molar-refractivity contribution < 1.29 is 0 Å². The van der Waals surface area contributed by atoms with E-state index in [9.17, 15) is 0 Å². The fourth-order valence-corrected chi connectivity index (χ4v) is 2.83. The molecule has 26 heavy (non-hydrogen) atoms. The van der Waals surface area contributed by atoms with Crippen molar-refractivity contribution in [3.63, 3.8) is 0 Å². The molecule has 0 spiro atoms. The maximum Gasteiger partial charge on any atom is 0.191 e. The van der Waals surface area contributed by atoms with Gasteiger partial charge in [-0.25, -0.2) is 4.98 Å². The van der Waals surface area contributed by atoms with E-state index in [0.717, 1.165) is 35.9 Å². The van der Waals surface area contributed by atoms with Crippen molar-refractivity contribution in [3.05, 3.63) is 71.5 Å². The van der Waals surface area contributed by atoms with E-state index in [0.29, 0.717) is 6.54 Å². The molecule has 0 saturated carbocycles. The molecule has 6 heteroatoms. The van der Waals surface area contributed by atoms with Gasteiger partial charge in [0.25, 0.3) is 0 Å². The summed E-state index contributed by atoms with van der Waals surface area (Å²) in [4.78, 5) is 8.51. The Balaban J connectivity index is 1.58. The highest BCUT2D eigenvalue weighted by Gasteiger charge is 2.04. The predicted molar refractivity (Wildman–Crippen MR) is 105 cm³/mol. The fraction of sp³-hybridized carbons (Fsp3) is 0.250. The van der Waals surface area contributed by atoms with Crippen LogP contribution in [0.25, 0.3) is 11.4 Å². The lowest BCUT2D eigenvalue weighted by atomic mass is 10.1. The molecule has 0 saturated heterocycles. The van der Waals surface area contributed by atoms with Crippen LogP contribution in [0.5, 0.6) is 0 Å². The summed E-state index contributed by atoms with van der Waals surface area (Å²) in [6.07, 6.45) is 2.54. The summed E-state index contributed by atoms with van der Waals surface area (Å²) in [6, 6.07) is 16.7. The molecule has 3 rings (SSSR count). The van der Waals surface area contributed by atoms with E-state index in [1.54, 1.807) is 7.05 Å². The number of hydrogen-bond donors (Lipinski definition) is 3. The van der Waals surface area contributed by atoms with Gasteiger partial charge in [-0.05, 0) is 29.2 Å². The monoisotopic (exact) mass is 348 g/mol. The number of aromatic amines is 1. The standard InChI is InChI=1S/C20H24N6/c1-3-16-8-4-5-9-18(16)13-23-20(21-2)22-12-15-7-6-10-17(11-15)19-24-14-25-26-19/h4-11,14H,3,12-13H2,1-2H3,(H2,21,22,23)(H,24,25,26). The second-order valence-electron chi connectivity index (χ2n) is 5.94. The SMILES string of the molecule is CCc1ccccc1CNC(=NC)NCc1cccc(-c2ncn[nH]2)c1. The Kier molecular flexibility index (Phi) is 5.98. The van der Waals surface area contributed by atoms with Gasteiger partial charge in [0.15, 0.2) is 11.8 Å². The fourth-order valence-electron chi connectivity index (χ4n) is 2.83. The molecular formula is C20H24N6. The zero-order valence-corrected chi connectivity index (χ0v) is 15.2. The van der Waals surface area contributed by atoms with Crippen LogP contribution in [-0.2, 0) is 19.5 Å². The Morgan fingerprint density at radius 1 is 1.04 bits per heavy atom. The molecule has 134 valence electrons. The van der Waals surface area contributed by atoms with Crippen LogP contribution in [0.1, 0.15) is 23.6 Å². The molecule has 0 aliphatic carbocycles. The number of aryl methyl sites for hydroxylation is 1. The quantitative estimate of drug-likeness (QED) is 0.473. The van der Waals surface area contributed by atoms with Gasteiger partial charge in [-0.1, -0.05) is 49.4 Å². The second-order valence-corrected chi connectivity index (χ2v) is 5.94. The summed E-state index contributed by atoms with van der Waals surface area (Å²) in [5.41, 5.74) is 4.82. The van der Waals surface area contributed by atoms with Crippen molar-refractivity contribution in [1.29, 1.82) is 0 Å². The van der Waals surface area contributed by atoms with Crippen LogP contribution in [0.15, 0.2) is 59.9 Å². The molecule has 2 aromatic carbocycles. The number of nitrogens with one attached hydrogen (secondary N) is 3. The van der Waals surface area contributed by atoms with Crippen LogP contribution in [0, 0.1) is 0 Å². The van der Waals surface area contributed by atoms with E-state index in [2.05, 4.69) is 74.1 Å². The molecular weight excluding hydrogens is 324 g/mol. The van der Waals surface area contributed by atoms with E-state index >= 15 is 0 Å². The number of rotatable bonds is 6. The number of aromatic nitrogens is 3. The molecule has 6 nitrogen and oxygen atoms in total. The van der Waals surface area contributed by atoms with Gasteiger partial charge < -0.3 is 10.6 Å². The maximum atomic E-state index is 4.31. The maximum absolute atomic E-state index is 4.31. The van der Waals surface area contributed by atoms with Crippen molar-refractivity contribution in [3.8, 4) is 11.4 Å². The third kappa shape index (κ3) is 4.47. The molecule has 0 aliphatic heterocycles. The smallest absolute Gasteiger partial charge is 0.191 e. The molecule has 0 bridgehead atoms. The summed E-state index contributed by atoms with van der Waals surface area (Å²) < 4.78 is 0. The Morgan fingerprint density at radius 2 is 1.85 bits per heavy atom. The second kappa shape index (κ2) is 8.80. The average Bonchev–Trinajstić information content (AvgIpc) is 3.23. The third-order valence-electron chi connectivity index (χ3n) is 4.24. The number of aliphatic imine (C=N–C) groups is 1. The zero-order valence-electron chi connectivity index (χ0n) is 15.2. The van der Waals surface area contributed by atoms with Crippen molar-refractivity contribution >= 4 is 5.96 Å². The Labute approximate surface area is 153 Å². The molecule has 0 amide bonds. The highest BCUT2D eigenvalue weighted by molar-refractivity contribution is 5.79. The van der Waals surface area contributed by atoms with Crippen LogP contribution in [0.2, 0.25) is 0 Å². The largest absolute Gasteiger partial charge is 0.352 e. The Morgan fingerprint density at radius 3 is 2.58 bits per heavy atom. The molecule has 1 aromatic heterocycles. The van der Waals surface area contributed by atoms with Gasteiger partial charge in [0.05, 0.1) is 0 Å². The topological polar surface area (TPSA) is 78.0 Å². The first kappa shape index (κ1) is 17.7. The molecule has 3 aromatic rings. The van der Waals surface area contributed by atoms with E-state index in [1.165, 1.54) is 17.5 Å². The van der Waals surface area contributed by atoms with Gasteiger partial charge in [-0.3, -0.25) is 10.1 Å². The van der Waals surface area contributed by atoms with Gasteiger partial charge in [0.2, 0.25) is 0 Å².